The van der Waals surface area contributed by atoms with Gasteiger partial charge in [-0.2, -0.15) is 0 Å². The molecule has 2 aliphatic heterocycles. The molecule has 9 heavy (non-hydrogen) atoms. The molecule has 2 nitrogen and oxygen atoms in total. The average Bonchev–Trinajstić information content (AvgIpc) is 2.74. The Balaban J connectivity index is 1.88. The Hall–Kier alpha value is -0.340. The van der Waals surface area contributed by atoms with Crippen molar-refractivity contribution < 1.29 is 9.47 Å². The van der Waals surface area contributed by atoms with Crippen molar-refractivity contribution in [2.45, 2.75) is 24.7 Å². The van der Waals surface area contributed by atoms with Crippen LogP contribution in [-0.2, 0) is 9.47 Å². The minimum Gasteiger partial charge on any atom is -0.368 e. The van der Waals surface area contributed by atoms with Crippen LogP contribution in [0.2, 0.25) is 0 Å². The van der Waals surface area contributed by atoms with Gasteiger partial charge < -0.3 is 9.47 Å². The highest BCUT2D eigenvalue weighted by atomic mass is 16.6. The molecule has 0 aromatic heterocycles. The standard InChI is InChI=1S/C7H8O2/c1-2-5-7(9-5)4(1)6-3-8-6/h1,5-7H,2-3H2. The Morgan fingerprint density at radius 3 is 2.89 bits per heavy atom. The lowest BCUT2D eigenvalue weighted by Gasteiger charge is -1.91. The second-order valence-corrected chi connectivity index (χ2v) is 2.86. The van der Waals surface area contributed by atoms with E-state index in [2.05, 4.69) is 6.08 Å². The lowest BCUT2D eigenvalue weighted by atomic mass is 10.2. The van der Waals surface area contributed by atoms with Gasteiger partial charge in [-0.05, 0) is 12.0 Å². The summed E-state index contributed by atoms with van der Waals surface area (Å²) >= 11 is 0. The van der Waals surface area contributed by atoms with E-state index in [-0.39, 0.29) is 0 Å². The molecule has 0 radical (unpaired) electrons. The number of fused-ring (bicyclic) bond motifs is 1. The molecular formula is C7H8O2. The second kappa shape index (κ2) is 1.22. The monoisotopic (exact) mass is 124 g/mol. The van der Waals surface area contributed by atoms with Gasteiger partial charge in [0.1, 0.15) is 12.2 Å². The summed E-state index contributed by atoms with van der Waals surface area (Å²) in [6.45, 7) is 0.929. The predicted octanol–water partition coefficient (Wildman–Crippen LogP) is 0.483. The number of epoxide rings is 2. The van der Waals surface area contributed by atoms with Gasteiger partial charge in [-0.15, -0.1) is 0 Å². The average molecular weight is 124 g/mol. The van der Waals surface area contributed by atoms with E-state index in [1.807, 2.05) is 0 Å². The molecule has 0 saturated carbocycles. The largest absolute Gasteiger partial charge is 0.368 e. The van der Waals surface area contributed by atoms with Gasteiger partial charge in [-0.3, -0.25) is 0 Å². The van der Waals surface area contributed by atoms with Gasteiger partial charge in [0.15, 0.2) is 0 Å². The fraction of sp³-hybridized carbons (Fsp3) is 0.714. The molecule has 0 bridgehead atoms. The lowest BCUT2D eigenvalue weighted by Crippen LogP contribution is -1.97. The van der Waals surface area contributed by atoms with Crippen molar-refractivity contribution >= 4 is 0 Å². The van der Waals surface area contributed by atoms with Crippen molar-refractivity contribution in [3.05, 3.63) is 11.6 Å². The summed E-state index contributed by atoms with van der Waals surface area (Å²) in [4.78, 5) is 0. The van der Waals surface area contributed by atoms with E-state index in [0.717, 1.165) is 13.0 Å². The van der Waals surface area contributed by atoms with Crippen LogP contribution in [0.1, 0.15) is 6.42 Å². The molecule has 2 fully saturated rings. The molecule has 2 heteroatoms. The summed E-state index contributed by atoms with van der Waals surface area (Å²) in [5, 5.41) is 0. The summed E-state index contributed by atoms with van der Waals surface area (Å²) in [6.07, 6.45) is 4.86. The highest BCUT2D eigenvalue weighted by Gasteiger charge is 2.50. The van der Waals surface area contributed by atoms with Crippen LogP contribution in [0.3, 0.4) is 0 Å². The van der Waals surface area contributed by atoms with E-state index in [4.69, 9.17) is 9.47 Å². The van der Waals surface area contributed by atoms with Crippen molar-refractivity contribution in [1.29, 1.82) is 0 Å². The maximum atomic E-state index is 5.32. The first-order valence-electron chi connectivity index (χ1n) is 3.42. The molecule has 0 amide bonds. The Morgan fingerprint density at radius 1 is 1.56 bits per heavy atom. The normalized spacial score (nSPS) is 52.4. The first kappa shape index (κ1) is 4.47. The SMILES string of the molecule is C1=C(C2CO2)C2OC2C1. The number of hydrogen-bond acceptors (Lipinski definition) is 2. The third-order valence-electron chi connectivity index (χ3n) is 2.20. The molecule has 0 aromatic rings. The third kappa shape index (κ3) is 0.523. The Bertz CT molecular complexity index is 181. The maximum absolute atomic E-state index is 5.32. The van der Waals surface area contributed by atoms with E-state index in [1.54, 1.807) is 0 Å². The van der Waals surface area contributed by atoms with Crippen LogP contribution >= 0.6 is 0 Å². The Kier molecular flexibility index (Phi) is 0.608. The van der Waals surface area contributed by atoms with Gasteiger partial charge in [0.2, 0.25) is 0 Å². The zero-order valence-electron chi connectivity index (χ0n) is 5.04. The fourth-order valence-corrected chi connectivity index (χ4v) is 1.54. The molecule has 0 spiro atoms. The Morgan fingerprint density at radius 2 is 2.44 bits per heavy atom. The smallest absolute Gasteiger partial charge is 0.108 e. The number of hydrogen-bond donors (Lipinski definition) is 0. The van der Waals surface area contributed by atoms with E-state index < -0.39 is 0 Å². The molecular weight excluding hydrogens is 116 g/mol. The van der Waals surface area contributed by atoms with Crippen LogP contribution in [0.15, 0.2) is 11.6 Å². The summed E-state index contributed by atoms with van der Waals surface area (Å²) in [5.74, 6) is 0. The highest BCUT2D eigenvalue weighted by Crippen LogP contribution is 2.43. The van der Waals surface area contributed by atoms with Gasteiger partial charge in [-0.1, -0.05) is 6.08 Å². The van der Waals surface area contributed by atoms with Gasteiger partial charge in [0, 0.05) is 0 Å². The van der Waals surface area contributed by atoms with Crippen molar-refractivity contribution in [1.82, 2.24) is 0 Å². The third-order valence-corrected chi connectivity index (χ3v) is 2.20. The minimum atomic E-state index is 0.447. The molecule has 3 unspecified atom stereocenters. The molecule has 3 rings (SSSR count). The summed E-state index contributed by atoms with van der Waals surface area (Å²) in [7, 11) is 0. The summed E-state index contributed by atoms with van der Waals surface area (Å²) in [6, 6.07) is 0. The molecule has 0 N–H and O–H groups in total. The molecule has 3 aliphatic rings. The molecule has 2 heterocycles. The second-order valence-electron chi connectivity index (χ2n) is 2.86. The minimum absolute atomic E-state index is 0.447. The van der Waals surface area contributed by atoms with Crippen LogP contribution in [-0.4, -0.2) is 24.9 Å². The van der Waals surface area contributed by atoms with Gasteiger partial charge in [0.25, 0.3) is 0 Å². The molecule has 2 saturated heterocycles. The zero-order chi connectivity index (χ0) is 5.84. The van der Waals surface area contributed by atoms with E-state index in [0.29, 0.717) is 18.3 Å². The van der Waals surface area contributed by atoms with Crippen LogP contribution in [0.5, 0.6) is 0 Å². The van der Waals surface area contributed by atoms with Crippen LogP contribution in [0, 0.1) is 0 Å². The van der Waals surface area contributed by atoms with Gasteiger partial charge in [-0.25, -0.2) is 0 Å². The van der Waals surface area contributed by atoms with Gasteiger partial charge >= 0.3 is 0 Å². The van der Waals surface area contributed by atoms with Crippen molar-refractivity contribution in [3.8, 4) is 0 Å². The Labute approximate surface area is 53.4 Å². The summed E-state index contributed by atoms with van der Waals surface area (Å²) < 4.78 is 10.5. The van der Waals surface area contributed by atoms with Crippen molar-refractivity contribution in [2.75, 3.05) is 6.61 Å². The number of rotatable bonds is 1. The highest BCUT2D eigenvalue weighted by molar-refractivity contribution is 5.30. The first-order valence-corrected chi connectivity index (χ1v) is 3.42. The predicted molar refractivity (Wildman–Crippen MR) is 31.1 cm³/mol. The van der Waals surface area contributed by atoms with E-state index in [9.17, 15) is 0 Å². The van der Waals surface area contributed by atoms with Crippen LogP contribution in [0.25, 0.3) is 0 Å². The summed E-state index contributed by atoms with van der Waals surface area (Å²) in [5.41, 5.74) is 1.42. The van der Waals surface area contributed by atoms with Crippen LogP contribution < -0.4 is 0 Å². The van der Waals surface area contributed by atoms with E-state index >= 15 is 0 Å². The fourth-order valence-electron chi connectivity index (χ4n) is 1.54. The van der Waals surface area contributed by atoms with Crippen LogP contribution in [0.4, 0.5) is 0 Å². The first-order chi connectivity index (χ1) is 4.45. The zero-order valence-corrected chi connectivity index (χ0v) is 5.04. The maximum Gasteiger partial charge on any atom is 0.108 e. The molecule has 1 aliphatic carbocycles. The van der Waals surface area contributed by atoms with E-state index in [1.165, 1.54) is 5.57 Å². The lowest BCUT2D eigenvalue weighted by molar-refractivity contribution is 0.358. The quantitative estimate of drug-likeness (QED) is 0.375. The molecule has 3 atom stereocenters. The molecule has 48 valence electrons. The van der Waals surface area contributed by atoms with Crippen molar-refractivity contribution in [3.63, 3.8) is 0 Å². The molecule has 0 aromatic carbocycles. The number of ether oxygens (including phenoxy) is 2. The van der Waals surface area contributed by atoms with Crippen molar-refractivity contribution in [2.24, 2.45) is 0 Å². The van der Waals surface area contributed by atoms with Gasteiger partial charge in [0.05, 0.1) is 12.7 Å². The topological polar surface area (TPSA) is 25.1 Å².